The Labute approximate surface area is 139 Å². The summed E-state index contributed by atoms with van der Waals surface area (Å²) in [7, 11) is 1.98. The molecule has 7 heteroatoms. The number of para-hydroxylation sites is 2. The van der Waals surface area contributed by atoms with Crippen molar-refractivity contribution in [1.82, 2.24) is 10.2 Å². The molecule has 0 fully saturated rings. The Morgan fingerprint density at radius 1 is 1.48 bits per heavy atom. The first-order valence-electron chi connectivity index (χ1n) is 7.64. The van der Waals surface area contributed by atoms with Crippen LogP contribution in [0.5, 0.6) is 5.75 Å². The molecule has 0 radical (unpaired) electrons. The van der Waals surface area contributed by atoms with Crippen LogP contribution in [0.3, 0.4) is 0 Å². The second-order valence-electron chi connectivity index (χ2n) is 5.72. The van der Waals surface area contributed by atoms with Gasteiger partial charge in [0.2, 0.25) is 0 Å². The van der Waals surface area contributed by atoms with Crippen LogP contribution in [0.15, 0.2) is 40.4 Å². The zero-order valence-electron chi connectivity index (χ0n) is 12.9. The molecule has 0 aromatic heterocycles. The fourth-order valence-corrected chi connectivity index (χ4v) is 3.91. The molecule has 3 aliphatic rings. The van der Waals surface area contributed by atoms with Crippen LogP contribution in [0.4, 0.5) is 5.69 Å². The molecule has 1 N–H and O–H groups in total. The van der Waals surface area contributed by atoms with Crippen LogP contribution >= 0.6 is 11.8 Å². The summed E-state index contributed by atoms with van der Waals surface area (Å²) < 4.78 is 5.85. The first-order chi connectivity index (χ1) is 11.2. The number of benzene rings is 1. The largest absolute Gasteiger partial charge is 0.477 e. The van der Waals surface area contributed by atoms with E-state index in [4.69, 9.17) is 4.74 Å². The number of thioether (sulfide) groups is 1. The Morgan fingerprint density at radius 2 is 2.35 bits per heavy atom. The van der Waals surface area contributed by atoms with Crippen LogP contribution in [0, 0.1) is 0 Å². The van der Waals surface area contributed by atoms with E-state index in [0.29, 0.717) is 13.1 Å². The third-order valence-corrected chi connectivity index (χ3v) is 5.12. The normalized spacial score (nSPS) is 22.0. The minimum absolute atomic E-state index is 0.0816. The van der Waals surface area contributed by atoms with Gasteiger partial charge in [0.15, 0.2) is 11.3 Å². The number of rotatable bonds is 3. The second kappa shape index (κ2) is 5.81. The number of ether oxygens (including phenoxy) is 1. The van der Waals surface area contributed by atoms with Crippen molar-refractivity contribution in [3.63, 3.8) is 0 Å². The first-order valence-corrected chi connectivity index (χ1v) is 8.52. The maximum absolute atomic E-state index is 12.5. The van der Waals surface area contributed by atoms with Gasteiger partial charge in [-0.05, 0) is 12.1 Å². The Kier molecular flexibility index (Phi) is 3.65. The van der Waals surface area contributed by atoms with Crippen LogP contribution < -0.4 is 15.0 Å². The fourth-order valence-electron chi connectivity index (χ4n) is 2.95. The molecule has 3 aliphatic heterocycles. The number of nitrogens with zero attached hydrogens (tertiary/aromatic N) is 3. The topological polar surface area (TPSA) is 57.2 Å². The number of amides is 1. The Balaban J connectivity index is 1.38. The van der Waals surface area contributed by atoms with Crippen molar-refractivity contribution < 1.29 is 9.53 Å². The molecule has 0 unspecified atom stereocenters. The van der Waals surface area contributed by atoms with Gasteiger partial charge in [-0.25, -0.2) is 0 Å². The van der Waals surface area contributed by atoms with Crippen molar-refractivity contribution in [2.45, 2.75) is 6.10 Å². The third kappa shape index (κ3) is 2.65. The summed E-state index contributed by atoms with van der Waals surface area (Å²) in [6, 6.07) is 7.78. The van der Waals surface area contributed by atoms with Crippen LogP contribution in [-0.2, 0) is 4.79 Å². The monoisotopic (exact) mass is 330 g/mol. The van der Waals surface area contributed by atoms with E-state index in [1.165, 1.54) is 0 Å². The summed E-state index contributed by atoms with van der Waals surface area (Å²) in [6.45, 7) is 2.80. The molecule has 0 saturated heterocycles. The summed E-state index contributed by atoms with van der Waals surface area (Å²) in [5.74, 6) is 0.674. The molecule has 1 amide bonds. The predicted molar refractivity (Wildman–Crippen MR) is 91.8 cm³/mol. The standard InChI is InChI=1S/C16H18N4O2S/c1-19-9-14(22-13-5-3-2-4-12(13)19)15(21)18-8-11-10-23-16-17-6-7-20(11)16/h2-5,10,14H,6-9H2,1H3,(H,18,21)/t14-/m0/s1. The van der Waals surface area contributed by atoms with E-state index in [1.807, 2.05) is 31.3 Å². The number of likely N-dealkylation sites (N-methyl/N-ethyl adjacent to an activating group) is 1. The fraction of sp³-hybridized carbons (Fsp3) is 0.375. The highest BCUT2D eigenvalue weighted by molar-refractivity contribution is 8.16. The van der Waals surface area contributed by atoms with E-state index < -0.39 is 6.10 Å². The van der Waals surface area contributed by atoms with Gasteiger partial charge >= 0.3 is 0 Å². The zero-order valence-corrected chi connectivity index (χ0v) is 13.7. The maximum atomic E-state index is 12.5. The van der Waals surface area contributed by atoms with E-state index in [2.05, 4.69) is 25.5 Å². The lowest BCUT2D eigenvalue weighted by atomic mass is 10.2. The Hall–Kier alpha value is -2.15. The van der Waals surface area contributed by atoms with Crippen molar-refractivity contribution in [2.24, 2.45) is 4.99 Å². The number of nitrogens with one attached hydrogen (secondary N) is 1. The molecule has 0 aliphatic carbocycles. The molecule has 4 rings (SSSR count). The van der Waals surface area contributed by atoms with Crippen molar-refractivity contribution >= 4 is 28.5 Å². The number of carbonyl (C=O) groups excluding carboxylic acids is 1. The molecular formula is C16H18N4O2S. The average Bonchev–Trinajstić information content (AvgIpc) is 3.16. The molecule has 1 aromatic carbocycles. The molecule has 1 aromatic rings. The van der Waals surface area contributed by atoms with Gasteiger partial charge in [0, 0.05) is 24.7 Å². The van der Waals surface area contributed by atoms with Gasteiger partial charge in [-0.3, -0.25) is 9.79 Å². The predicted octanol–water partition coefficient (Wildman–Crippen LogP) is 1.26. The van der Waals surface area contributed by atoms with Gasteiger partial charge in [0.25, 0.3) is 5.91 Å². The maximum Gasteiger partial charge on any atom is 0.263 e. The summed E-state index contributed by atoms with van der Waals surface area (Å²) >= 11 is 1.62. The lowest BCUT2D eigenvalue weighted by Gasteiger charge is -2.33. The summed E-state index contributed by atoms with van der Waals surface area (Å²) in [5, 5.41) is 6.09. The number of hydrogen-bond donors (Lipinski definition) is 1. The van der Waals surface area contributed by atoms with Crippen molar-refractivity contribution in [1.29, 1.82) is 0 Å². The zero-order chi connectivity index (χ0) is 15.8. The smallest absolute Gasteiger partial charge is 0.263 e. The van der Waals surface area contributed by atoms with E-state index in [1.54, 1.807) is 11.8 Å². The van der Waals surface area contributed by atoms with Crippen LogP contribution in [0.2, 0.25) is 0 Å². The minimum atomic E-state index is -0.490. The molecule has 0 spiro atoms. The summed E-state index contributed by atoms with van der Waals surface area (Å²) in [5.41, 5.74) is 2.12. The average molecular weight is 330 g/mol. The number of anilines is 1. The number of hydrogen-bond acceptors (Lipinski definition) is 6. The molecule has 0 saturated carbocycles. The Bertz CT molecular complexity index is 703. The molecule has 120 valence electrons. The van der Waals surface area contributed by atoms with Crippen LogP contribution in [0.25, 0.3) is 0 Å². The van der Waals surface area contributed by atoms with E-state index in [9.17, 15) is 4.79 Å². The second-order valence-corrected chi connectivity index (χ2v) is 6.55. The van der Waals surface area contributed by atoms with Crippen molar-refractivity contribution in [3.8, 4) is 5.75 Å². The lowest BCUT2D eigenvalue weighted by molar-refractivity contribution is -0.127. The minimum Gasteiger partial charge on any atom is -0.477 e. The van der Waals surface area contributed by atoms with Crippen molar-refractivity contribution in [2.75, 3.05) is 38.1 Å². The number of carbonyl (C=O) groups is 1. The number of aliphatic imine (C=N–C) groups is 1. The van der Waals surface area contributed by atoms with Gasteiger partial charge in [-0.15, -0.1) is 0 Å². The van der Waals surface area contributed by atoms with Crippen LogP contribution in [-0.4, -0.2) is 55.3 Å². The van der Waals surface area contributed by atoms with Crippen molar-refractivity contribution in [3.05, 3.63) is 35.4 Å². The summed E-state index contributed by atoms with van der Waals surface area (Å²) in [6.07, 6.45) is -0.490. The number of amidine groups is 1. The highest BCUT2D eigenvalue weighted by Crippen LogP contribution is 2.32. The van der Waals surface area contributed by atoms with Gasteiger partial charge in [0.05, 0.1) is 25.3 Å². The van der Waals surface area contributed by atoms with Crippen LogP contribution in [0.1, 0.15) is 0 Å². The van der Waals surface area contributed by atoms with Gasteiger partial charge in [-0.1, -0.05) is 23.9 Å². The van der Waals surface area contributed by atoms with E-state index >= 15 is 0 Å². The lowest BCUT2D eigenvalue weighted by Crippen LogP contribution is -2.48. The molecular weight excluding hydrogens is 312 g/mol. The molecule has 23 heavy (non-hydrogen) atoms. The molecule has 3 heterocycles. The van der Waals surface area contributed by atoms with E-state index in [-0.39, 0.29) is 5.91 Å². The SMILES string of the molecule is CN1C[C@@H](C(=O)NCC2=CSC3=NCCN23)Oc2ccccc21. The third-order valence-electron chi connectivity index (χ3n) is 4.17. The molecule has 6 nitrogen and oxygen atoms in total. The quantitative estimate of drug-likeness (QED) is 0.904. The molecule has 1 atom stereocenters. The molecule has 0 bridgehead atoms. The Morgan fingerprint density at radius 3 is 3.26 bits per heavy atom. The van der Waals surface area contributed by atoms with Gasteiger partial charge < -0.3 is 19.9 Å². The number of fused-ring (bicyclic) bond motifs is 2. The highest BCUT2D eigenvalue weighted by Gasteiger charge is 2.30. The van der Waals surface area contributed by atoms with Gasteiger partial charge in [0.1, 0.15) is 5.75 Å². The van der Waals surface area contributed by atoms with E-state index in [0.717, 1.165) is 35.4 Å². The summed E-state index contributed by atoms with van der Waals surface area (Å²) in [4.78, 5) is 21.1. The first kappa shape index (κ1) is 14.4. The van der Waals surface area contributed by atoms with Gasteiger partial charge in [-0.2, -0.15) is 0 Å². The highest BCUT2D eigenvalue weighted by atomic mass is 32.2.